The molecule has 0 saturated heterocycles. The third-order valence-corrected chi connectivity index (χ3v) is 8.73. The molecule has 0 aliphatic heterocycles. The van der Waals surface area contributed by atoms with Crippen LogP contribution in [-0.2, 0) is 17.1 Å². The summed E-state index contributed by atoms with van der Waals surface area (Å²) in [6, 6.07) is 18.7. The highest BCUT2D eigenvalue weighted by Crippen LogP contribution is 2.29. The maximum Gasteiger partial charge on any atom is 0.279 e. The van der Waals surface area contributed by atoms with Gasteiger partial charge in [0.25, 0.3) is 15.9 Å². The molecule has 0 aliphatic carbocycles. The van der Waals surface area contributed by atoms with Crippen molar-refractivity contribution >= 4 is 43.2 Å². The van der Waals surface area contributed by atoms with Crippen LogP contribution in [0.3, 0.4) is 0 Å². The van der Waals surface area contributed by atoms with E-state index >= 15 is 0 Å². The van der Waals surface area contributed by atoms with Gasteiger partial charge in [-0.25, -0.2) is 8.42 Å². The Bertz CT molecular complexity index is 1520. The summed E-state index contributed by atoms with van der Waals surface area (Å²) in [5, 5.41) is 0. The Balaban J connectivity index is 1.68. The van der Waals surface area contributed by atoms with Crippen molar-refractivity contribution in [2.24, 2.45) is 12.0 Å². The second-order valence-corrected chi connectivity index (χ2v) is 10.5. The van der Waals surface area contributed by atoms with Crippen molar-refractivity contribution in [3.8, 4) is 5.75 Å². The maximum atomic E-state index is 13.2. The molecule has 0 atom stereocenters. The number of carbonyl (C=O) groups is 1. The summed E-state index contributed by atoms with van der Waals surface area (Å²) in [5.74, 6) is 0.264. The molecule has 1 aromatic heterocycles. The molecule has 4 aromatic rings. The topological polar surface area (TPSA) is 81.0 Å². The monoisotopic (exact) mass is 495 g/mol. The van der Waals surface area contributed by atoms with Crippen molar-refractivity contribution in [3.05, 3.63) is 82.7 Å². The van der Waals surface area contributed by atoms with Crippen LogP contribution in [0.15, 0.2) is 76.6 Å². The minimum atomic E-state index is -3.77. The van der Waals surface area contributed by atoms with Crippen LogP contribution >= 0.6 is 11.3 Å². The number of benzene rings is 3. The number of amides is 1. The summed E-state index contributed by atoms with van der Waals surface area (Å²) >= 11 is 1.41. The highest BCUT2D eigenvalue weighted by molar-refractivity contribution is 7.92. The van der Waals surface area contributed by atoms with E-state index in [2.05, 4.69) is 4.99 Å². The van der Waals surface area contributed by atoms with E-state index in [4.69, 9.17) is 4.74 Å². The van der Waals surface area contributed by atoms with E-state index in [-0.39, 0.29) is 11.4 Å². The number of ether oxygens (including phenoxy) is 1. The van der Waals surface area contributed by atoms with Crippen LogP contribution in [0, 0.1) is 6.92 Å². The van der Waals surface area contributed by atoms with Gasteiger partial charge in [-0.15, -0.1) is 0 Å². The average molecular weight is 496 g/mol. The Morgan fingerprint density at radius 1 is 1.06 bits per heavy atom. The predicted molar refractivity (Wildman–Crippen MR) is 135 cm³/mol. The highest BCUT2D eigenvalue weighted by Gasteiger charge is 2.23. The first-order chi connectivity index (χ1) is 16.3. The second-order valence-electron chi connectivity index (χ2n) is 7.65. The van der Waals surface area contributed by atoms with E-state index in [9.17, 15) is 13.2 Å². The molecule has 1 heterocycles. The smallest absolute Gasteiger partial charge is 0.279 e. The summed E-state index contributed by atoms with van der Waals surface area (Å²) in [6.07, 6.45) is 0. The van der Waals surface area contributed by atoms with Crippen molar-refractivity contribution in [2.75, 3.05) is 18.0 Å². The quantitative estimate of drug-likeness (QED) is 0.394. The molecule has 9 heteroatoms. The lowest BCUT2D eigenvalue weighted by atomic mass is 10.2. The van der Waals surface area contributed by atoms with Crippen LogP contribution in [0.4, 0.5) is 5.69 Å². The molecule has 0 unspecified atom stereocenters. The lowest BCUT2D eigenvalue weighted by molar-refractivity contribution is 0.0998. The molecule has 176 valence electrons. The van der Waals surface area contributed by atoms with Crippen LogP contribution in [0.5, 0.6) is 5.75 Å². The molecule has 4 rings (SSSR count). The van der Waals surface area contributed by atoms with Crippen molar-refractivity contribution in [2.45, 2.75) is 18.7 Å². The summed E-state index contributed by atoms with van der Waals surface area (Å²) in [4.78, 5) is 17.8. The molecule has 0 bridgehead atoms. The van der Waals surface area contributed by atoms with Crippen molar-refractivity contribution < 1.29 is 17.9 Å². The van der Waals surface area contributed by atoms with Gasteiger partial charge in [-0.1, -0.05) is 35.6 Å². The second kappa shape index (κ2) is 9.44. The summed E-state index contributed by atoms with van der Waals surface area (Å²) < 4.78 is 36.0. The number of sulfonamides is 1. The van der Waals surface area contributed by atoms with Gasteiger partial charge >= 0.3 is 0 Å². The van der Waals surface area contributed by atoms with Gasteiger partial charge < -0.3 is 9.30 Å². The lowest BCUT2D eigenvalue weighted by Gasteiger charge is -2.22. The fourth-order valence-electron chi connectivity index (χ4n) is 3.75. The number of para-hydroxylation sites is 1. The number of aromatic nitrogens is 1. The normalized spacial score (nSPS) is 12.2. The van der Waals surface area contributed by atoms with Gasteiger partial charge in [0.1, 0.15) is 11.3 Å². The predicted octanol–water partition coefficient (Wildman–Crippen LogP) is 4.51. The molecular weight excluding hydrogens is 470 g/mol. The Hall–Kier alpha value is -3.43. The number of carbonyl (C=O) groups excluding carboxylic acids is 1. The zero-order chi connectivity index (χ0) is 24.5. The van der Waals surface area contributed by atoms with E-state index in [0.29, 0.717) is 21.8 Å². The third-order valence-electron chi connectivity index (χ3n) is 5.54. The average Bonchev–Trinajstić information content (AvgIpc) is 3.17. The summed E-state index contributed by atoms with van der Waals surface area (Å²) in [7, 11) is -0.320. The number of hydrogen-bond acceptors (Lipinski definition) is 5. The van der Waals surface area contributed by atoms with Gasteiger partial charge in [0.05, 0.1) is 22.4 Å². The minimum absolute atomic E-state index is 0.113. The largest absolute Gasteiger partial charge is 0.495 e. The number of aryl methyl sites for hydroxylation is 2. The number of anilines is 1. The molecule has 0 fully saturated rings. The first-order valence-corrected chi connectivity index (χ1v) is 12.9. The summed E-state index contributed by atoms with van der Waals surface area (Å²) in [6.45, 7) is 4.06. The lowest BCUT2D eigenvalue weighted by Crippen LogP contribution is -2.30. The number of hydrogen-bond donors (Lipinski definition) is 0. The molecule has 0 saturated carbocycles. The van der Waals surface area contributed by atoms with E-state index in [1.165, 1.54) is 39.9 Å². The zero-order valence-electron chi connectivity index (χ0n) is 19.3. The van der Waals surface area contributed by atoms with Crippen LogP contribution in [-0.4, -0.2) is 32.5 Å². The van der Waals surface area contributed by atoms with Gasteiger partial charge in [-0.05, 0) is 61.9 Å². The molecule has 3 aromatic carbocycles. The van der Waals surface area contributed by atoms with Gasteiger partial charge in [-0.2, -0.15) is 4.99 Å². The molecule has 0 radical (unpaired) electrons. The summed E-state index contributed by atoms with van der Waals surface area (Å²) in [5.41, 5.74) is 2.84. The molecule has 1 amide bonds. The number of methoxy groups -OCH3 is 1. The number of rotatable bonds is 6. The maximum absolute atomic E-state index is 13.2. The van der Waals surface area contributed by atoms with Crippen LogP contribution in [0.25, 0.3) is 10.2 Å². The number of nitrogens with zero attached hydrogens (tertiary/aromatic N) is 3. The zero-order valence-corrected chi connectivity index (χ0v) is 21.0. The molecule has 7 nitrogen and oxygen atoms in total. The fraction of sp³-hybridized carbons (Fsp3) is 0.200. The molecule has 34 heavy (non-hydrogen) atoms. The number of thiazole rings is 1. The van der Waals surface area contributed by atoms with Gasteiger partial charge in [-0.3, -0.25) is 9.10 Å². The van der Waals surface area contributed by atoms with Crippen molar-refractivity contribution in [3.63, 3.8) is 0 Å². The third kappa shape index (κ3) is 4.24. The Morgan fingerprint density at radius 2 is 1.74 bits per heavy atom. The fourth-order valence-corrected chi connectivity index (χ4v) is 6.33. The highest BCUT2D eigenvalue weighted by atomic mass is 32.2. The Kier molecular flexibility index (Phi) is 6.58. The molecule has 0 aliphatic rings. The molecule has 0 spiro atoms. The van der Waals surface area contributed by atoms with Gasteiger partial charge in [0.2, 0.25) is 0 Å². The first kappa shape index (κ1) is 23.7. The van der Waals surface area contributed by atoms with E-state index in [1.807, 2.05) is 36.7 Å². The van der Waals surface area contributed by atoms with Crippen LogP contribution < -0.4 is 13.8 Å². The van der Waals surface area contributed by atoms with Gasteiger partial charge in [0, 0.05) is 19.2 Å². The van der Waals surface area contributed by atoms with Crippen molar-refractivity contribution in [1.82, 2.24) is 4.57 Å². The Morgan fingerprint density at radius 3 is 2.35 bits per heavy atom. The molecular formula is C25H25N3O4S2. The standard InChI is InChI=1S/C25H25N3O4S2/c1-5-28(19-9-7-6-8-10-19)34(30,31)20-14-12-18(13-15-20)24(29)26-25-27(3)22-21(32-4)16-11-17(2)23(22)33-25/h6-16H,5H2,1-4H3. The van der Waals surface area contributed by atoms with Crippen molar-refractivity contribution in [1.29, 1.82) is 0 Å². The van der Waals surface area contributed by atoms with Crippen LogP contribution in [0.2, 0.25) is 0 Å². The number of fused-ring (bicyclic) bond motifs is 1. The van der Waals surface area contributed by atoms with E-state index in [0.717, 1.165) is 15.8 Å². The first-order valence-electron chi connectivity index (χ1n) is 10.7. The SMILES string of the molecule is CCN(c1ccccc1)S(=O)(=O)c1ccc(C(=O)N=c2sc3c(C)ccc(OC)c3n2C)cc1. The van der Waals surface area contributed by atoms with Crippen LogP contribution in [0.1, 0.15) is 22.8 Å². The van der Waals surface area contributed by atoms with Gasteiger partial charge in [0.15, 0.2) is 4.80 Å². The molecule has 0 N–H and O–H groups in total. The Labute approximate surface area is 202 Å². The van der Waals surface area contributed by atoms with E-state index < -0.39 is 15.9 Å². The van der Waals surface area contributed by atoms with E-state index in [1.54, 1.807) is 38.3 Å². The minimum Gasteiger partial charge on any atom is -0.495 e.